The Morgan fingerprint density at radius 2 is 1.80 bits per heavy atom. The largest absolute Gasteiger partial charge is 0.507 e. The Hall–Kier alpha value is -3.16. The van der Waals surface area contributed by atoms with Crippen LogP contribution in [0.2, 0.25) is 0 Å². The highest BCUT2D eigenvalue weighted by atomic mass is 16.5. The molecule has 35 heavy (non-hydrogen) atoms. The second-order valence-corrected chi connectivity index (χ2v) is 9.67. The minimum Gasteiger partial charge on any atom is -0.507 e. The van der Waals surface area contributed by atoms with Crippen molar-refractivity contribution in [3.63, 3.8) is 0 Å². The van der Waals surface area contributed by atoms with Crippen LogP contribution in [0.25, 0.3) is 5.76 Å². The monoisotopic (exact) mass is 476 g/mol. The SMILES string of the molecule is Cc1ccc(C2/C(=C(\O)c3ccc4c(c3)CC(C)O4)C(=O)C(=O)N2CCCN2CCOCC2)cc1. The summed E-state index contributed by atoms with van der Waals surface area (Å²) in [6.45, 7) is 8.46. The highest BCUT2D eigenvalue weighted by molar-refractivity contribution is 6.46. The third kappa shape index (κ3) is 4.70. The molecular weight excluding hydrogens is 444 g/mol. The number of ether oxygens (including phenoxy) is 2. The number of ketones is 1. The molecular formula is C28H32N2O5. The van der Waals surface area contributed by atoms with E-state index in [-0.39, 0.29) is 17.4 Å². The fourth-order valence-corrected chi connectivity index (χ4v) is 5.22. The van der Waals surface area contributed by atoms with Gasteiger partial charge in [-0.2, -0.15) is 0 Å². The maximum atomic E-state index is 13.3. The van der Waals surface area contributed by atoms with Gasteiger partial charge in [-0.15, -0.1) is 0 Å². The molecule has 2 atom stereocenters. The predicted molar refractivity (Wildman–Crippen MR) is 132 cm³/mol. The van der Waals surface area contributed by atoms with Crippen molar-refractivity contribution in [1.82, 2.24) is 9.80 Å². The van der Waals surface area contributed by atoms with E-state index in [0.29, 0.717) is 12.1 Å². The van der Waals surface area contributed by atoms with E-state index in [1.165, 1.54) is 0 Å². The van der Waals surface area contributed by atoms with Crippen LogP contribution in [0, 0.1) is 6.92 Å². The van der Waals surface area contributed by atoms with E-state index >= 15 is 0 Å². The Balaban J connectivity index is 1.47. The average molecular weight is 477 g/mol. The van der Waals surface area contributed by atoms with Crippen molar-refractivity contribution in [3.05, 3.63) is 70.3 Å². The molecule has 7 heteroatoms. The maximum absolute atomic E-state index is 13.3. The number of morpholine rings is 1. The molecule has 0 aliphatic carbocycles. The number of aryl methyl sites for hydroxylation is 1. The molecule has 3 aliphatic heterocycles. The predicted octanol–water partition coefficient (Wildman–Crippen LogP) is 3.46. The van der Waals surface area contributed by atoms with Crippen molar-refractivity contribution in [2.75, 3.05) is 39.4 Å². The quantitative estimate of drug-likeness (QED) is 0.391. The first-order valence-electron chi connectivity index (χ1n) is 12.4. The van der Waals surface area contributed by atoms with Crippen LogP contribution < -0.4 is 4.74 Å². The number of hydrogen-bond acceptors (Lipinski definition) is 6. The third-order valence-electron chi connectivity index (χ3n) is 7.08. The number of rotatable bonds is 6. The van der Waals surface area contributed by atoms with E-state index in [2.05, 4.69) is 4.90 Å². The fraction of sp³-hybridized carbons (Fsp3) is 0.429. The zero-order chi connectivity index (χ0) is 24.5. The van der Waals surface area contributed by atoms with E-state index < -0.39 is 17.7 Å². The molecule has 0 bridgehead atoms. The van der Waals surface area contributed by atoms with Gasteiger partial charge >= 0.3 is 0 Å². The van der Waals surface area contributed by atoms with E-state index in [4.69, 9.17) is 9.47 Å². The van der Waals surface area contributed by atoms with Crippen LogP contribution in [0.15, 0.2) is 48.0 Å². The van der Waals surface area contributed by atoms with Gasteiger partial charge < -0.3 is 19.5 Å². The Morgan fingerprint density at radius 1 is 1.06 bits per heavy atom. The Labute approximate surface area is 205 Å². The molecule has 2 aromatic rings. The van der Waals surface area contributed by atoms with Crippen molar-refractivity contribution < 1.29 is 24.2 Å². The Bertz CT molecular complexity index is 1150. The minimum absolute atomic E-state index is 0.0759. The van der Waals surface area contributed by atoms with Crippen molar-refractivity contribution in [2.45, 2.75) is 38.8 Å². The van der Waals surface area contributed by atoms with Crippen molar-refractivity contribution in [2.24, 2.45) is 0 Å². The summed E-state index contributed by atoms with van der Waals surface area (Å²) in [6, 6.07) is 12.6. The van der Waals surface area contributed by atoms with E-state index in [1.54, 1.807) is 11.0 Å². The standard InChI is InChI=1S/C28H32N2O5/c1-18-4-6-20(7-5-18)25-24(26(31)21-8-9-23-22(17-21)16-19(2)35-23)27(32)28(33)30(25)11-3-10-29-12-14-34-15-13-29/h4-9,17,19,25,31H,3,10-16H2,1-2H3/b26-24+. The molecule has 7 nitrogen and oxygen atoms in total. The number of aliphatic hydroxyl groups is 1. The zero-order valence-corrected chi connectivity index (χ0v) is 20.3. The van der Waals surface area contributed by atoms with Gasteiger partial charge in [0, 0.05) is 38.2 Å². The second-order valence-electron chi connectivity index (χ2n) is 9.67. The van der Waals surface area contributed by atoms with Gasteiger partial charge in [0.2, 0.25) is 0 Å². The van der Waals surface area contributed by atoms with Gasteiger partial charge in [0.1, 0.15) is 17.6 Å². The second kappa shape index (κ2) is 9.84. The Morgan fingerprint density at radius 3 is 2.54 bits per heavy atom. The number of Topliss-reactive ketones (excluding diaryl/α,β-unsaturated/α-hetero) is 1. The number of carbonyl (C=O) groups excluding carboxylic acids is 2. The molecule has 1 N–H and O–H groups in total. The molecule has 0 spiro atoms. The van der Waals surface area contributed by atoms with Gasteiger partial charge in [0.15, 0.2) is 0 Å². The van der Waals surface area contributed by atoms with Crippen LogP contribution in [0.1, 0.15) is 41.6 Å². The maximum Gasteiger partial charge on any atom is 0.295 e. The van der Waals surface area contributed by atoms with Crippen molar-refractivity contribution in [1.29, 1.82) is 0 Å². The van der Waals surface area contributed by atoms with Gasteiger partial charge in [0.25, 0.3) is 11.7 Å². The smallest absolute Gasteiger partial charge is 0.295 e. The first-order chi connectivity index (χ1) is 16.9. The number of nitrogens with zero attached hydrogens (tertiary/aromatic N) is 2. The summed E-state index contributed by atoms with van der Waals surface area (Å²) in [7, 11) is 0. The molecule has 2 saturated heterocycles. The molecule has 184 valence electrons. The topological polar surface area (TPSA) is 79.3 Å². The first-order valence-corrected chi connectivity index (χ1v) is 12.4. The van der Waals surface area contributed by atoms with Gasteiger partial charge in [-0.1, -0.05) is 29.8 Å². The molecule has 0 saturated carbocycles. The van der Waals surface area contributed by atoms with E-state index in [1.807, 2.05) is 50.2 Å². The fourth-order valence-electron chi connectivity index (χ4n) is 5.22. The van der Waals surface area contributed by atoms with Crippen LogP contribution >= 0.6 is 0 Å². The molecule has 3 heterocycles. The summed E-state index contributed by atoms with van der Waals surface area (Å²) in [4.78, 5) is 30.4. The van der Waals surface area contributed by atoms with Crippen LogP contribution in [0.3, 0.4) is 0 Å². The lowest BCUT2D eigenvalue weighted by Crippen LogP contribution is -2.38. The van der Waals surface area contributed by atoms with Gasteiger partial charge in [-0.05, 0) is 49.6 Å². The summed E-state index contributed by atoms with van der Waals surface area (Å²) in [5.74, 6) is -0.526. The Kier molecular flexibility index (Phi) is 6.62. The lowest BCUT2D eigenvalue weighted by Gasteiger charge is -2.29. The van der Waals surface area contributed by atoms with E-state index in [9.17, 15) is 14.7 Å². The molecule has 2 fully saturated rings. The molecule has 5 rings (SSSR count). The van der Waals surface area contributed by atoms with Crippen LogP contribution in [0.4, 0.5) is 0 Å². The number of fused-ring (bicyclic) bond motifs is 1. The normalized spacial score (nSPS) is 24.0. The van der Waals surface area contributed by atoms with Gasteiger partial charge in [0.05, 0.1) is 24.8 Å². The number of amides is 1. The first kappa shape index (κ1) is 23.6. The van der Waals surface area contributed by atoms with Gasteiger partial charge in [-0.25, -0.2) is 0 Å². The molecule has 0 aromatic heterocycles. The lowest BCUT2D eigenvalue weighted by molar-refractivity contribution is -0.140. The number of likely N-dealkylation sites (tertiary alicyclic amines) is 1. The zero-order valence-electron chi connectivity index (χ0n) is 20.3. The summed E-state index contributed by atoms with van der Waals surface area (Å²) in [5, 5.41) is 11.4. The van der Waals surface area contributed by atoms with Crippen LogP contribution in [-0.4, -0.2) is 72.1 Å². The van der Waals surface area contributed by atoms with Crippen LogP contribution in [-0.2, 0) is 20.7 Å². The third-order valence-corrected chi connectivity index (χ3v) is 7.08. The molecule has 2 aromatic carbocycles. The summed E-state index contributed by atoms with van der Waals surface area (Å²) < 4.78 is 11.2. The van der Waals surface area contributed by atoms with E-state index in [0.717, 1.165) is 68.1 Å². The summed E-state index contributed by atoms with van der Waals surface area (Å²) >= 11 is 0. The molecule has 1 amide bonds. The van der Waals surface area contributed by atoms with Gasteiger partial charge in [-0.3, -0.25) is 14.5 Å². The molecule has 3 aliphatic rings. The van der Waals surface area contributed by atoms with Crippen molar-refractivity contribution >= 4 is 17.4 Å². The average Bonchev–Trinajstić information content (AvgIpc) is 3.36. The lowest BCUT2D eigenvalue weighted by atomic mass is 9.94. The number of carbonyl (C=O) groups is 2. The summed E-state index contributed by atoms with van der Waals surface area (Å²) in [5.41, 5.74) is 3.58. The minimum atomic E-state index is -0.635. The summed E-state index contributed by atoms with van der Waals surface area (Å²) in [6.07, 6.45) is 1.56. The number of hydrogen-bond donors (Lipinski definition) is 1. The highest BCUT2D eigenvalue weighted by Gasteiger charge is 2.45. The van der Waals surface area contributed by atoms with Crippen LogP contribution in [0.5, 0.6) is 5.75 Å². The van der Waals surface area contributed by atoms with Crippen molar-refractivity contribution in [3.8, 4) is 5.75 Å². The molecule has 0 radical (unpaired) electrons. The number of aliphatic hydroxyl groups excluding tert-OH is 1. The highest BCUT2D eigenvalue weighted by Crippen LogP contribution is 2.40. The number of benzene rings is 2. The molecule has 2 unspecified atom stereocenters.